The van der Waals surface area contributed by atoms with Crippen LogP contribution < -0.4 is 15.4 Å². The third kappa shape index (κ3) is 4.61. The molecule has 0 amide bonds. The van der Waals surface area contributed by atoms with Crippen molar-refractivity contribution >= 4 is 17.3 Å². The van der Waals surface area contributed by atoms with Crippen LogP contribution in [0.2, 0.25) is 0 Å². The summed E-state index contributed by atoms with van der Waals surface area (Å²) in [7, 11) is 3.31. The molecule has 0 spiro atoms. The fraction of sp³-hybridized carbons (Fsp3) is 0.333. The van der Waals surface area contributed by atoms with Crippen LogP contribution in [0.4, 0.5) is 17.3 Å². The van der Waals surface area contributed by atoms with Gasteiger partial charge in [-0.25, -0.2) is 9.97 Å². The van der Waals surface area contributed by atoms with Crippen LogP contribution in [0.15, 0.2) is 30.3 Å². The Balaban J connectivity index is 2.11. The highest BCUT2D eigenvalue weighted by Gasteiger charge is 2.03. The molecule has 6 nitrogen and oxygen atoms in total. The molecule has 2 rings (SSSR count). The molecule has 0 aliphatic heterocycles. The van der Waals surface area contributed by atoms with E-state index in [1.807, 2.05) is 37.3 Å². The lowest BCUT2D eigenvalue weighted by Gasteiger charge is -2.10. The predicted octanol–water partition coefficient (Wildman–Crippen LogP) is 2.60. The molecule has 21 heavy (non-hydrogen) atoms. The quantitative estimate of drug-likeness (QED) is 0.763. The second-order valence-electron chi connectivity index (χ2n) is 4.46. The number of aryl methyl sites for hydroxylation is 1. The van der Waals surface area contributed by atoms with Gasteiger partial charge in [-0.1, -0.05) is 6.07 Å². The molecule has 0 bridgehead atoms. The molecule has 0 radical (unpaired) electrons. The van der Waals surface area contributed by atoms with E-state index in [9.17, 15) is 0 Å². The Kier molecular flexibility index (Phi) is 5.34. The first-order chi connectivity index (χ1) is 10.2. The molecule has 0 aliphatic carbocycles. The van der Waals surface area contributed by atoms with Gasteiger partial charge < -0.3 is 20.1 Å². The third-order valence-corrected chi connectivity index (χ3v) is 2.79. The molecule has 0 atom stereocenters. The summed E-state index contributed by atoms with van der Waals surface area (Å²) in [6.07, 6.45) is 0. The van der Waals surface area contributed by atoms with E-state index in [0.717, 1.165) is 23.1 Å². The number of rotatable bonds is 7. The smallest absolute Gasteiger partial charge is 0.136 e. The molecule has 1 aromatic heterocycles. The summed E-state index contributed by atoms with van der Waals surface area (Å²) in [5.74, 6) is 2.99. The fourth-order valence-corrected chi connectivity index (χ4v) is 1.85. The summed E-state index contributed by atoms with van der Waals surface area (Å²) in [6, 6.07) is 9.55. The van der Waals surface area contributed by atoms with Crippen molar-refractivity contribution in [3.63, 3.8) is 0 Å². The molecule has 112 valence electrons. The molecule has 6 heteroatoms. The van der Waals surface area contributed by atoms with Crippen molar-refractivity contribution in [1.82, 2.24) is 9.97 Å². The first kappa shape index (κ1) is 15.1. The summed E-state index contributed by atoms with van der Waals surface area (Å²) in [4.78, 5) is 8.72. The van der Waals surface area contributed by atoms with Gasteiger partial charge in [0, 0.05) is 31.5 Å². The normalized spacial score (nSPS) is 10.2. The summed E-state index contributed by atoms with van der Waals surface area (Å²) < 4.78 is 10.2. The van der Waals surface area contributed by atoms with E-state index >= 15 is 0 Å². The number of hydrogen-bond acceptors (Lipinski definition) is 6. The van der Waals surface area contributed by atoms with Crippen molar-refractivity contribution in [1.29, 1.82) is 0 Å². The Morgan fingerprint density at radius 2 is 1.90 bits per heavy atom. The predicted molar refractivity (Wildman–Crippen MR) is 83.4 cm³/mol. The lowest BCUT2D eigenvalue weighted by atomic mass is 10.3. The van der Waals surface area contributed by atoms with Crippen molar-refractivity contribution in [3.8, 4) is 5.75 Å². The Bertz CT molecular complexity index is 590. The molecule has 0 saturated heterocycles. The molecule has 1 aromatic carbocycles. The molecule has 2 aromatic rings. The lowest BCUT2D eigenvalue weighted by molar-refractivity contribution is 0.210. The molecule has 0 unspecified atom stereocenters. The van der Waals surface area contributed by atoms with Gasteiger partial charge in [-0.05, 0) is 19.1 Å². The fourth-order valence-electron chi connectivity index (χ4n) is 1.85. The number of methoxy groups -OCH3 is 2. The molecule has 2 N–H and O–H groups in total. The first-order valence-electron chi connectivity index (χ1n) is 6.71. The average Bonchev–Trinajstić information content (AvgIpc) is 2.47. The van der Waals surface area contributed by atoms with Crippen molar-refractivity contribution < 1.29 is 9.47 Å². The number of hydrogen-bond donors (Lipinski definition) is 2. The Morgan fingerprint density at radius 1 is 1.10 bits per heavy atom. The maximum Gasteiger partial charge on any atom is 0.136 e. The van der Waals surface area contributed by atoms with E-state index in [2.05, 4.69) is 20.6 Å². The van der Waals surface area contributed by atoms with Gasteiger partial charge in [0.2, 0.25) is 0 Å². The van der Waals surface area contributed by atoms with Crippen molar-refractivity contribution in [2.45, 2.75) is 6.92 Å². The van der Waals surface area contributed by atoms with Gasteiger partial charge in [0.05, 0.1) is 13.7 Å². The van der Waals surface area contributed by atoms with Crippen LogP contribution >= 0.6 is 0 Å². The monoisotopic (exact) mass is 288 g/mol. The first-order valence-corrected chi connectivity index (χ1v) is 6.71. The van der Waals surface area contributed by atoms with Gasteiger partial charge in [-0.2, -0.15) is 0 Å². The highest BCUT2D eigenvalue weighted by atomic mass is 16.5. The maximum atomic E-state index is 5.21. The number of benzene rings is 1. The van der Waals surface area contributed by atoms with Gasteiger partial charge in [-0.15, -0.1) is 0 Å². The Hall–Kier alpha value is -2.34. The molecule has 0 fully saturated rings. The number of nitrogens with one attached hydrogen (secondary N) is 2. The summed E-state index contributed by atoms with van der Waals surface area (Å²) in [6.45, 7) is 3.19. The molecule has 1 heterocycles. The summed E-state index contributed by atoms with van der Waals surface area (Å²) >= 11 is 0. The molecule has 0 saturated carbocycles. The van der Waals surface area contributed by atoms with Crippen LogP contribution in [0.3, 0.4) is 0 Å². The highest BCUT2D eigenvalue weighted by Crippen LogP contribution is 2.21. The topological polar surface area (TPSA) is 68.3 Å². The molecule has 0 aliphatic rings. The van der Waals surface area contributed by atoms with Crippen LogP contribution in [0.25, 0.3) is 0 Å². The van der Waals surface area contributed by atoms with E-state index in [1.54, 1.807) is 14.2 Å². The number of anilines is 3. The van der Waals surface area contributed by atoms with E-state index in [1.165, 1.54) is 0 Å². The molecular formula is C15H20N4O2. The van der Waals surface area contributed by atoms with Crippen LogP contribution in [0.1, 0.15) is 5.82 Å². The number of aromatic nitrogens is 2. The highest BCUT2D eigenvalue weighted by molar-refractivity contribution is 5.60. The van der Waals surface area contributed by atoms with E-state index in [4.69, 9.17) is 9.47 Å². The number of ether oxygens (including phenoxy) is 2. The largest absolute Gasteiger partial charge is 0.497 e. The standard InChI is InChI=1S/C15H20N4O2/c1-11-17-14(16-7-8-20-2)10-15(18-11)19-12-5-4-6-13(9-12)21-3/h4-6,9-10H,7-8H2,1-3H3,(H2,16,17,18,19). The van der Waals surface area contributed by atoms with Crippen LogP contribution in [0.5, 0.6) is 5.75 Å². The van der Waals surface area contributed by atoms with Gasteiger partial charge in [0.15, 0.2) is 0 Å². The lowest BCUT2D eigenvalue weighted by Crippen LogP contribution is -2.10. The molecular weight excluding hydrogens is 268 g/mol. The maximum absolute atomic E-state index is 5.21. The zero-order chi connectivity index (χ0) is 15.1. The Labute approximate surface area is 124 Å². The van der Waals surface area contributed by atoms with Gasteiger partial charge in [-0.3, -0.25) is 0 Å². The second-order valence-corrected chi connectivity index (χ2v) is 4.46. The van der Waals surface area contributed by atoms with Crippen LogP contribution in [0, 0.1) is 6.92 Å². The second kappa shape index (κ2) is 7.44. The van der Waals surface area contributed by atoms with Crippen molar-refractivity contribution in [2.24, 2.45) is 0 Å². The van der Waals surface area contributed by atoms with Crippen LogP contribution in [-0.2, 0) is 4.74 Å². The Morgan fingerprint density at radius 3 is 2.67 bits per heavy atom. The minimum absolute atomic E-state index is 0.627. The summed E-state index contributed by atoms with van der Waals surface area (Å²) in [5, 5.41) is 6.44. The van der Waals surface area contributed by atoms with Gasteiger partial charge in [0.25, 0.3) is 0 Å². The minimum atomic E-state index is 0.627. The third-order valence-electron chi connectivity index (χ3n) is 2.79. The van der Waals surface area contributed by atoms with Gasteiger partial charge in [0.1, 0.15) is 23.2 Å². The average molecular weight is 288 g/mol. The van der Waals surface area contributed by atoms with Crippen LogP contribution in [-0.4, -0.2) is 37.3 Å². The van der Waals surface area contributed by atoms with Crippen molar-refractivity contribution in [2.75, 3.05) is 38.0 Å². The zero-order valence-corrected chi connectivity index (χ0v) is 12.5. The minimum Gasteiger partial charge on any atom is -0.497 e. The summed E-state index contributed by atoms with van der Waals surface area (Å²) in [5.41, 5.74) is 0.912. The number of nitrogens with zero attached hydrogens (tertiary/aromatic N) is 2. The van der Waals surface area contributed by atoms with E-state index in [-0.39, 0.29) is 0 Å². The SMILES string of the molecule is COCCNc1cc(Nc2cccc(OC)c2)nc(C)n1. The van der Waals surface area contributed by atoms with Crippen molar-refractivity contribution in [3.05, 3.63) is 36.2 Å². The van der Waals surface area contributed by atoms with Gasteiger partial charge >= 0.3 is 0 Å². The van der Waals surface area contributed by atoms with E-state index < -0.39 is 0 Å². The zero-order valence-electron chi connectivity index (χ0n) is 12.5. The van der Waals surface area contributed by atoms with E-state index in [0.29, 0.717) is 19.0 Å².